The second kappa shape index (κ2) is 8.91. The molecule has 0 aliphatic carbocycles. The summed E-state index contributed by atoms with van der Waals surface area (Å²) >= 11 is 6.21. The van der Waals surface area contributed by atoms with Crippen molar-refractivity contribution in [1.29, 1.82) is 10.5 Å². The number of aliphatic imine (C=N–C) groups is 1. The molecule has 0 fully saturated rings. The minimum absolute atomic E-state index is 0.00640. The normalized spacial score (nSPS) is 14.2. The highest BCUT2D eigenvalue weighted by molar-refractivity contribution is 6.31. The number of nitrogens with one attached hydrogen (secondary N) is 2. The molecule has 164 valence electrons. The molecule has 1 aliphatic heterocycles. The minimum atomic E-state index is -0.876. The maximum Gasteiger partial charge on any atom is 0.211 e. The number of halogens is 2. The maximum atomic E-state index is 14.2. The fourth-order valence-electron chi connectivity index (χ4n) is 3.44. The first kappa shape index (κ1) is 21.7. The molecular formula is C22H16ClFN8O. The number of pyridine rings is 1. The van der Waals surface area contributed by atoms with Gasteiger partial charge in [0.2, 0.25) is 5.96 Å². The second-order valence-electron chi connectivity index (χ2n) is 6.96. The van der Waals surface area contributed by atoms with Crippen molar-refractivity contribution in [2.45, 2.75) is 12.6 Å². The van der Waals surface area contributed by atoms with E-state index in [1.54, 1.807) is 24.4 Å². The molecule has 9 nitrogen and oxygen atoms in total. The lowest BCUT2D eigenvalue weighted by atomic mass is 9.94. The van der Waals surface area contributed by atoms with Crippen molar-refractivity contribution < 1.29 is 9.13 Å². The summed E-state index contributed by atoms with van der Waals surface area (Å²) in [4.78, 5) is 8.69. The van der Waals surface area contributed by atoms with Gasteiger partial charge in [0.15, 0.2) is 6.19 Å². The largest absolute Gasteiger partial charge is 0.488 e. The van der Waals surface area contributed by atoms with E-state index in [1.165, 1.54) is 18.2 Å². The molecule has 6 N–H and O–H groups in total. The molecule has 1 aromatic heterocycles. The lowest BCUT2D eigenvalue weighted by molar-refractivity contribution is 0.300. The van der Waals surface area contributed by atoms with E-state index in [0.29, 0.717) is 21.7 Å². The number of hydrogen-bond acceptors (Lipinski definition) is 9. The molecule has 3 aromatic rings. The number of guanidine groups is 1. The van der Waals surface area contributed by atoms with Crippen LogP contribution in [0.15, 0.2) is 47.5 Å². The average Bonchev–Trinajstić information content (AvgIpc) is 2.78. The van der Waals surface area contributed by atoms with Crippen LogP contribution in [0.25, 0.3) is 0 Å². The van der Waals surface area contributed by atoms with Gasteiger partial charge in [-0.05, 0) is 18.2 Å². The standard InChI is InChI=1S/C22H16ClFN8O/c23-15-4-2-1-3-11(15)9-33-16-7-12(24)5-6-13(16)19-17-18(27)14(8-25)20(28)31-21(17)32-22(30-19)29-10-26/h1-7,19H,9H2,(H6,27,28,29,30,31,32). The van der Waals surface area contributed by atoms with Gasteiger partial charge in [-0.3, -0.25) is 5.32 Å². The Balaban J connectivity index is 1.84. The first-order valence-corrected chi connectivity index (χ1v) is 9.95. The molecular weight excluding hydrogens is 447 g/mol. The number of nitrogens with zero attached hydrogens (tertiary/aromatic N) is 4. The summed E-state index contributed by atoms with van der Waals surface area (Å²) in [7, 11) is 0. The minimum Gasteiger partial charge on any atom is -0.488 e. The predicted molar refractivity (Wildman–Crippen MR) is 122 cm³/mol. The van der Waals surface area contributed by atoms with Gasteiger partial charge in [0.05, 0.1) is 5.69 Å². The average molecular weight is 463 g/mol. The molecule has 1 unspecified atom stereocenters. The van der Waals surface area contributed by atoms with Gasteiger partial charge in [0, 0.05) is 27.8 Å². The van der Waals surface area contributed by atoms with Gasteiger partial charge in [0.1, 0.15) is 47.5 Å². The van der Waals surface area contributed by atoms with Crippen molar-refractivity contribution in [2.24, 2.45) is 4.99 Å². The Morgan fingerprint density at radius 2 is 2.00 bits per heavy atom. The van der Waals surface area contributed by atoms with Gasteiger partial charge in [-0.25, -0.2) is 14.4 Å². The summed E-state index contributed by atoms with van der Waals surface area (Å²) < 4.78 is 20.1. The van der Waals surface area contributed by atoms with E-state index < -0.39 is 11.9 Å². The third kappa shape index (κ3) is 4.15. The van der Waals surface area contributed by atoms with Crippen LogP contribution in [0.4, 0.5) is 21.7 Å². The summed E-state index contributed by atoms with van der Waals surface area (Å²) in [6.07, 6.45) is 1.78. The molecule has 0 radical (unpaired) electrons. The quantitative estimate of drug-likeness (QED) is 0.339. The Kier molecular flexibility index (Phi) is 5.85. The van der Waals surface area contributed by atoms with Crippen molar-refractivity contribution in [3.05, 3.63) is 75.6 Å². The number of hydrogen-bond donors (Lipinski definition) is 4. The van der Waals surface area contributed by atoms with Crippen molar-refractivity contribution in [1.82, 2.24) is 10.3 Å². The molecule has 33 heavy (non-hydrogen) atoms. The van der Waals surface area contributed by atoms with Crippen LogP contribution in [0.1, 0.15) is 28.3 Å². The van der Waals surface area contributed by atoms with Crippen molar-refractivity contribution >= 4 is 34.9 Å². The third-order valence-corrected chi connectivity index (χ3v) is 5.34. The number of anilines is 3. The van der Waals surface area contributed by atoms with Crippen LogP contribution in [-0.2, 0) is 6.61 Å². The maximum absolute atomic E-state index is 14.2. The van der Waals surface area contributed by atoms with Crippen molar-refractivity contribution in [2.75, 3.05) is 16.8 Å². The van der Waals surface area contributed by atoms with Gasteiger partial charge < -0.3 is 21.5 Å². The van der Waals surface area contributed by atoms with Crippen LogP contribution in [0, 0.1) is 28.6 Å². The summed E-state index contributed by atoms with van der Waals surface area (Å²) in [6.45, 7) is 0.0693. The Morgan fingerprint density at radius 3 is 2.73 bits per heavy atom. The summed E-state index contributed by atoms with van der Waals surface area (Å²) in [6, 6.07) is 12.1. The lowest BCUT2D eigenvalue weighted by Crippen LogP contribution is -2.33. The van der Waals surface area contributed by atoms with Crippen LogP contribution in [0.2, 0.25) is 5.02 Å². The van der Waals surface area contributed by atoms with Gasteiger partial charge in [-0.2, -0.15) is 10.5 Å². The van der Waals surface area contributed by atoms with Crippen LogP contribution < -0.4 is 26.8 Å². The molecule has 4 rings (SSSR count). The van der Waals surface area contributed by atoms with Crippen LogP contribution in [-0.4, -0.2) is 10.9 Å². The zero-order valence-electron chi connectivity index (χ0n) is 16.9. The number of nitrogen functional groups attached to an aromatic ring is 2. The van der Waals surface area contributed by atoms with E-state index in [0.717, 1.165) is 0 Å². The molecule has 0 bridgehead atoms. The molecule has 1 aliphatic rings. The van der Waals surface area contributed by atoms with E-state index >= 15 is 0 Å². The van der Waals surface area contributed by atoms with Gasteiger partial charge >= 0.3 is 0 Å². The van der Waals surface area contributed by atoms with E-state index in [1.807, 2.05) is 12.1 Å². The molecule has 0 saturated carbocycles. The fraction of sp³-hybridized carbons (Fsp3) is 0.0909. The van der Waals surface area contributed by atoms with E-state index in [2.05, 4.69) is 20.6 Å². The number of aromatic nitrogens is 1. The highest BCUT2D eigenvalue weighted by Gasteiger charge is 2.31. The molecule has 0 spiro atoms. The monoisotopic (exact) mass is 462 g/mol. The topological polar surface area (TPSA) is 158 Å². The molecule has 2 heterocycles. The summed E-state index contributed by atoms with van der Waals surface area (Å²) in [5.74, 6) is -0.131. The first-order valence-electron chi connectivity index (χ1n) is 9.57. The first-order chi connectivity index (χ1) is 15.9. The number of fused-ring (bicyclic) bond motifs is 1. The highest BCUT2D eigenvalue weighted by atomic mass is 35.5. The number of nitriles is 2. The smallest absolute Gasteiger partial charge is 0.211 e. The van der Waals surface area contributed by atoms with Crippen molar-refractivity contribution in [3.63, 3.8) is 0 Å². The van der Waals surface area contributed by atoms with Gasteiger partial charge in [-0.15, -0.1) is 0 Å². The molecule has 11 heteroatoms. The third-order valence-electron chi connectivity index (χ3n) is 4.97. The van der Waals surface area contributed by atoms with Gasteiger partial charge in [0.25, 0.3) is 0 Å². The van der Waals surface area contributed by atoms with Crippen LogP contribution in [0.5, 0.6) is 5.75 Å². The molecule has 1 atom stereocenters. The second-order valence-corrected chi connectivity index (χ2v) is 7.37. The van der Waals surface area contributed by atoms with E-state index in [-0.39, 0.29) is 41.2 Å². The molecule has 0 saturated heterocycles. The lowest BCUT2D eigenvalue weighted by Gasteiger charge is -2.27. The summed E-state index contributed by atoms with van der Waals surface area (Å²) in [5.41, 5.74) is 13.7. The Hall–Kier alpha value is -4.54. The van der Waals surface area contributed by atoms with Crippen LogP contribution >= 0.6 is 11.6 Å². The van der Waals surface area contributed by atoms with Crippen molar-refractivity contribution in [3.8, 4) is 18.0 Å². The summed E-state index contributed by atoms with van der Waals surface area (Å²) in [5, 5.41) is 24.3. The van der Waals surface area contributed by atoms with E-state index in [9.17, 15) is 9.65 Å². The zero-order chi connectivity index (χ0) is 23.5. The number of benzene rings is 2. The SMILES string of the molecule is N#CNC1=NC(c2ccc(F)cc2OCc2ccccc2Cl)c2c(nc(N)c(C#N)c2N)N1. The molecule has 2 aromatic carbocycles. The van der Waals surface area contributed by atoms with Gasteiger partial charge in [-0.1, -0.05) is 29.8 Å². The zero-order valence-corrected chi connectivity index (χ0v) is 17.7. The molecule has 0 amide bonds. The van der Waals surface area contributed by atoms with Crippen LogP contribution in [0.3, 0.4) is 0 Å². The number of ether oxygens (including phenoxy) is 1. The number of nitrogens with two attached hydrogens (primary N) is 2. The predicted octanol–water partition coefficient (Wildman–Crippen LogP) is 3.43. The highest BCUT2D eigenvalue weighted by Crippen LogP contribution is 2.43. The number of rotatable bonds is 4. The Labute approximate surface area is 193 Å². The Morgan fingerprint density at radius 1 is 1.21 bits per heavy atom. The Bertz CT molecular complexity index is 1360. The van der Waals surface area contributed by atoms with E-state index in [4.69, 9.17) is 33.1 Å². The fourth-order valence-corrected chi connectivity index (χ4v) is 3.63.